The van der Waals surface area contributed by atoms with Crippen molar-refractivity contribution in [1.29, 1.82) is 0 Å². The molecule has 0 amide bonds. The summed E-state index contributed by atoms with van der Waals surface area (Å²) in [4.78, 5) is 0. The van der Waals surface area contributed by atoms with Gasteiger partial charge in [0.15, 0.2) is 0 Å². The number of anilines is 1. The molecular weight excluding hydrogens is 302 g/mol. The average Bonchev–Trinajstić information content (AvgIpc) is 2.57. The standard InChI is InChI=1S/C15H26BrN3/c1-15(2,3)10-12-13(16)14(17)19(18-12)11-8-6-4-5-7-9-11/h11H,4-10,17H2,1-3H3. The van der Waals surface area contributed by atoms with Crippen LogP contribution >= 0.6 is 15.9 Å². The van der Waals surface area contributed by atoms with Crippen molar-refractivity contribution in [2.45, 2.75) is 71.8 Å². The first-order chi connectivity index (χ1) is 8.88. The summed E-state index contributed by atoms with van der Waals surface area (Å²) in [6, 6.07) is 0.493. The Morgan fingerprint density at radius 2 is 1.79 bits per heavy atom. The van der Waals surface area contributed by atoms with Gasteiger partial charge in [-0.3, -0.25) is 0 Å². The van der Waals surface area contributed by atoms with E-state index in [1.807, 2.05) is 0 Å². The van der Waals surface area contributed by atoms with Crippen LogP contribution < -0.4 is 5.73 Å². The third-order valence-electron chi connectivity index (χ3n) is 3.82. The van der Waals surface area contributed by atoms with Crippen LogP contribution in [0.3, 0.4) is 0 Å². The highest BCUT2D eigenvalue weighted by Gasteiger charge is 2.23. The predicted molar refractivity (Wildman–Crippen MR) is 84.2 cm³/mol. The van der Waals surface area contributed by atoms with Crippen LogP contribution in [0, 0.1) is 5.41 Å². The van der Waals surface area contributed by atoms with Crippen molar-refractivity contribution in [2.75, 3.05) is 5.73 Å². The van der Waals surface area contributed by atoms with Crippen molar-refractivity contribution in [1.82, 2.24) is 9.78 Å². The number of aromatic nitrogens is 2. The second kappa shape index (κ2) is 5.86. The molecule has 1 aliphatic carbocycles. The van der Waals surface area contributed by atoms with Gasteiger partial charge in [-0.15, -0.1) is 0 Å². The lowest BCUT2D eigenvalue weighted by atomic mass is 9.91. The Hall–Kier alpha value is -0.510. The number of nitrogens with zero attached hydrogens (tertiary/aromatic N) is 2. The van der Waals surface area contributed by atoms with Gasteiger partial charge in [-0.05, 0) is 40.6 Å². The van der Waals surface area contributed by atoms with Gasteiger partial charge in [0.25, 0.3) is 0 Å². The number of halogens is 1. The first kappa shape index (κ1) is 14.9. The number of nitrogens with two attached hydrogens (primary N) is 1. The summed E-state index contributed by atoms with van der Waals surface area (Å²) in [5, 5.41) is 4.80. The van der Waals surface area contributed by atoms with Gasteiger partial charge in [-0.1, -0.05) is 46.5 Å². The highest BCUT2D eigenvalue weighted by atomic mass is 79.9. The molecule has 0 aliphatic heterocycles. The molecule has 1 aromatic heterocycles. The molecule has 0 aromatic carbocycles. The van der Waals surface area contributed by atoms with Gasteiger partial charge in [0.1, 0.15) is 5.82 Å². The van der Waals surface area contributed by atoms with Crippen molar-refractivity contribution in [3.05, 3.63) is 10.2 Å². The SMILES string of the molecule is CC(C)(C)Cc1nn(C2CCCCCC2)c(N)c1Br. The smallest absolute Gasteiger partial charge is 0.136 e. The van der Waals surface area contributed by atoms with Crippen molar-refractivity contribution in [3.63, 3.8) is 0 Å². The lowest BCUT2D eigenvalue weighted by Gasteiger charge is -2.17. The molecular formula is C15H26BrN3. The lowest BCUT2D eigenvalue weighted by molar-refractivity contribution is 0.384. The third-order valence-corrected chi connectivity index (χ3v) is 4.69. The molecule has 0 radical (unpaired) electrons. The molecule has 0 unspecified atom stereocenters. The summed E-state index contributed by atoms with van der Waals surface area (Å²) in [6.45, 7) is 6.71. The number of hydrogen-bond acceptors (Lipinski definition) is 2. The third kappa shape index (κ3) is 3.74. The van der Waals surface area contributed by atoms with Crippen LogP contribution in [0.4, 0.5) is 5.82 Å². The summed E-state index contributed by atoms with van der Waals surface area (Å²) in [6.07, 6.45) is 8.70. The molecule has 1 aliphatic rings. The van der Waals surface area contributed by atoms with Gasteiger partial charge in [0.05, 0.1) is 16.2 Å². The predicted octanol–water partition coefficient (Wildman–Crippen LogP) is 4.71. The normalized spacial score (nSPS) is 18.5. The van der Waals surface area contributed by atoms with E-state index in [2.05, 4.69) is 41.4 Å². The zero-order valence-electron chi connectivity index (χ0n) is 12.4. The van der Waals surface area contributed by atoms with Crippen LogP contribution in [-0.2, 0) is 6.42 Å². The van der Waals surface area contributed by atoms with Crippen LogP contribution in [0.5, 0.6) is 0 Å². The summed E-state index contributed by atoms with van der Waals surface area (Å²) in [5.41, 5.74) is 7.60. The first-order valence-corrected chi connectivity index (χ1v) is 8.20. The van der Waals surface area contributed by atoms with Crippen LogP contribution in [0.2, 0.25) is 0 Å². The molecule has 1 heterocycles. The molecule has 0 atom stereocenters. The van der Waals surface area contributed by atoms with E-state index in [9.17, 15) is 0 Å². The Morgan fingerprint density at radius 1 is 1.21 bits per heavy atom. The van der Waals surface area contributed by atoms with Crippen LogP contribution in [-0.4, -0.2) is 9.78 Å². The van der Waals surface area contributed by atoms with E-state index < -0.39 is 0 Å². The molecule has 1 saturated carbocycles. The number of nitrogen functional groups attached to an aromatic ring is 1. The molecule has 2 N–H and O–H groups in total. The minimum Gasteiger partial charge on any atom is -0.383 e. The Bertz CT molecular complexity index is 423. The largest absolute Gasteiger partial charge is 0.383 e. The summed E-state index contributed by atoms with van der Waals surface area (Å²) in [7, 11) is 0. The minimum absolute atomic E-state index is 0.234. The number of hydrogen-bond donors (Lipinski definition) is 1. The van der Waals surface area contributed by atoms with Crippen LogP contribution in [0.15, 0.2) is 4.47 Å². The molecule has 4 heteroatoms. The molecule has 1 fully saturated rings. The molecule has 19 heavy (non-hydrogen) atoms. The summed E-state index contributed by atoms with van der Waals surface area (Å²) in [5.74, 6) is 0.811. The molecule has 1 aromatic rings. The monoisotopic (exact) mass is 327 g/mol. The summed E-state index contributed by atoms with van der Waals surface area (Å²) < 4.78 is 3.09. The quantitative estimate of drug-likeness (QED) is 0.799. The van der Waals surface area contributed by atoms with Crippen molar-refractivity contribution in [2.24, 2.45) is 5.41 Å². The maximum absolute atomic E-state index is 6.26. The molecule has 3 nitrogen and oxygen atoms in total. The van der Waals surface area contributed by atoms with Gasteiger partial charge >= 0.3 is 0 Å². The fourth-order valence-corrected chi connectivity index (χ4v) is 3.27. The van der Waals surface area contributed by atoms with E-state index in [1.54, 1.807) is 0 Å². The van der Waals surface area contributed by atoms with Gasteiger partial charge in [-0.2, -0.15) is 5.10 Å². The minimum atomic E-state index is 0.234. The molecule has 0 saturated heterocycles. The Morgan fingerprint density at radius 3 is 2.32 bits per heavy atom. The molecule has 0 bridgehead atoms. The molecule has 2 rings (SSSR count). The Kier molecular flexibility index (Phi) is 4.59. The molecule has 108 valence electrons. The van der Waals surface area contributed by atoms with E-state index in [1.165, 1.54) is 38.5 Å². The van der Waals surface area contributed by atoms with Crippen LogP contribution in [0.1, 0.15) is 71.0 Å². The van der Waals surface area contributed by atoms with Crippen molar-refractivity contribution < 1.29 is 0 Å². The van der Waals surface area contributed by atoms with E-state index in [-0.39, 0.29) is 5.41 Å². The van der Waals surface area contributed by atoms with E-state index >= 15 is 0 Å². The maximum atomic E-state index is 6.26. The second-order valence-electron chi connectivity index (χ2n) is 6.97. The zero-order chi connectivity index (χ0) is 14.0. The van der Waals surface area contributed by atoms with Crippen molar-refractivity contribution in [3.8, 4) is 0 Å². The topological polar surface area (TPSA) is 43.8 Å². The van der Waals surface area contributed by atoms with Gasteiger partial charge < -0.3 is 5.73 Å². The van der Waals surface area contributed by atoms with Crippen LogP contribution in [0.25, 0.3) is 0 Å². The summed E-state index contributed by atoms with van der Waals surface area (Å²) >= 11 is 3.63. The second-order valence-corrected chi connectivity index (χ2v) is 7.77. The highest BCUT2D eigenvalue weighted by molar-refractivity contribution is 9.10. The maximum Gasteiger partial charge on any atom is 0.136 e. The zero-order valence-corrected chi connectivity index (χ0v) is 14.0. The fraction of sp³-hybridized carbons (Fsp3) is 0.800. The highest BCUT2D eigenvalue weighted by Crippen LogP contribution is 2.35. The van der Waals surface area contributed by atoms with E-state index in [0.29, 0.717) is 6.04 Å². The van der Waals surface area contributed by atoms with Gasteiger partial charge in [-0.25, -0.2) is 4.68 Å². The van der Waals surface area contributed by atoms with E-state index in [0.717, 1.165) is 22.4 Å². The van der Waals surface area contributed by atoms with Gasteiger partial charge in [0, 0.05) is 0 Å². The Labute approximate surface area is 125 Å². The van der Waals surface area contributed by atoms with Gasteiger partial charge in [0.2, 0.25) is 0 Å². The lowest BCUT2D eigenvalue weighted by Crippen LogP contribution is -2.14. The Balaban J connectivity index is 2.23. The number of rotatable bonds is 2. The average molecular weight is 328 g/mol. The van der Waals surface area contributed by atoms with E-state index in [4.69, 9.17) is 10.8 Å². The first-order valence-electron chi connectivity index (χ1n) is 7.41. The molecule has 0 spiro atoms. The van der Waals surface area contributed by atoms with Crippen molar-refractivity contribution >= 4 is 21.7 Å². The fourth-order valence-electron chi connectivity index (χ4n) is 2.87.